The van der Waals surface area contributed by atoms with E-state index in [1.54, 1.807) is 13.0 Å². The molecule has 0 bridgehead atoms. The van der Waals surface area contributed by atoms with E-state index in [4.69, 9.17) is 5.73 Å². The summed E-state index contributed by atoms with van der Waals surface area (Å²) in [4.78, 5) is 0. The summed E-state index contributed by atoms with van der Waals surface area (Å²) in [7, 11) is 0. The molecule has 1 aliphatic rings. The monoisotopic (exact) mass is 248 g/mol. The number of nitrogens with two attached hydrogens (primary N) is 1. The summed E-state index contributed by atoms with van der Waals surface area (Å²) in [5.41, 5.74) is 9.27. The molecule has 0 aliphatic heterocycles. The van der Waals surface area contributed by atoms with Gasteiger partial charge in [0.25, 0.3) is 0 Å². The maximum Gasteiger partial charge on any atom is 0.128 e. The number of hydrogen-bond acceptors (Lipinski definition) is 2. The van der Waals surface area contributed by atoms with E-state index in [0.717, 1.165) is 18.7 Å². The first kappa shape index (κ1) is 12.9. The fourth-order valence-corrected chi connectivity index (χ4v) is 2.34. The van der Waals surface area contributed by atoms with E-state index in [1.165, 1.54) is 37.3 Å². The Labute approximate surface area is 108 Å². The smallest absolute Gasteiger partial charge is 0.128 e. The molecular formula is C15H21FN2. The van der Waals surface area contributed by atoms with Gasteiger partial charge in [-0.3, -0.25) is 0 Å². The molecule has 0 saturated carbocycles. The van der Waals surface area contributed by atoms with Crippen molar-refractivity contribution < 1.29 is 4.39 Å². The summed E-state index contributed by atoms with van der Waals surface area (Å²) in [6.07, 6.45) is 8.47. The second kappa shape index (κ2) is 5.89. The number of rotatable bonds is 4. The molecule has 18 heavy (non-hydrogen) atoms. The first-order valence-electron chi connectivity index (χ1n) is 6.64. The topological polar surface area (TPSA) is 38.0 Å². The van der Waals surface area contributed by atoms with E-state index in [1.807, 2.05) is 0 Å². The molecule has 1 aromatic carbocycles. The molecule has 3 heteroatoms. The summed E-state index contributed by atoms with van der Waals surface area (Å²) in [5, 5.41) is 3.30. The third-order valence-electron chi connectivity index (χ3n) is 3.48. The average Bonchev–Trinajstić information content (AvgIpc) is 2.37. The fraction of sp³-hybridized carbons (Fsp3) is 0.467. The molecule has 0 radical (unpaired) electrons. The maximum atomic E-state index is 13.3. The average molecular weight is 248 g/mol. The van der Waals surface area contributed by atoms with Gasteiger partial charge in [0, 0.05) is 6.54 Å². The van der Waals surface area contributed by atoms with Gasteiger partial charge in [-0.05, 0) is 56.7 Å². The van der Waals surface area contributed by atoms with Crippen molar-refractivity contribution in [2.45, 2.75) is 39.0 Å². The van der Waals surface area contributed by atoms with Crippen molar-refractivity contribution in [2.24, 2.45) is 0 Å². The number of anilines is 2. The van der Waals surface area contributed by atoms with Gasteiger partial charge in [0.05, 0.1) is 11.4 Å². The van der Waals surface area contributed by atoms with Gasteiger partial charge in [-0.25, -0.2) is 4.39 Å². The maximum absolute atomic E-state index is 13.3. The minimum atomic E-state index is -0.243. The van der Waals surface area contributed by atoms with Crippen LogP contribution in [0.2, 0.25) is 0 Å². The van der Waals surface area contributed by atoms with Gasteiger partial charge >= 0.3 is 0 Å². The first-order chi connectivity index (χ1) is 8.66. The van der Waals surface area contributed by atoms with E-state index < -0.39 is 0 Å². The van der Waals surface area contributed by atoms with Gasteiger partial charge in [0.1, 0.15) is 5.82 Å². The van der Waals surface area contributed by atoms with E-state index in [2.05, 4.69) is 11.4 Å². The van der Waals surface area contributed by atoms with Crippen LogP contribution in [0.3, 0.4) is 0 Å². The van der Waals surface area contributed by atoms with Gasteiger partial charge in [0.15, 0.2) is 0 Å². The predicted molar refractivity (Wildman–Crippen MR) is 75.2 cm³/mol. The van der Waals surface area contributed by atoms with Crippen LogP contribution in [0.1, 0.15) is 37.7 Å². The molecule has 0 unspecified atom stereocenters. The van der Waals surface area contributed by atoms with Crippen LogP contribution in [0.15, 0.2) is 23.8 Å². The van der Waals surface area contributed by atoms with Crippen LogP contribution in [0.4, 0.5) is 15.8 Å². The molecule has 1 aliphatic carbocycles. The van der Waals surface area contributed by atoms with Crippen molar-refractivity contribution in [2.75, 3.05) is 17.6 Å². The van der Waals surface area contributed by atoms with Crippen LogP contribution in [-0.2, 0) is 0 Å². The highest BCUT2D eigenvalue weighted by molar-refractivity contribution is 5.67. The number of nitrogen functional groups attached to an aromatic ring is 1. The summed E-state index contributed by atoms with van der Waals surface area (Å²) in [5.74, 6) is -0.243. The van der Waals surface area contributed by atoms with Crippen LogP contribution < -0.4 is 11.1 Å². The Bertz CT molecular complexity index is 452. The van der Waals surface area contributed by atoms with E-state index >= 15 is 0 Å². The largest absolute Gasteiger partial charge is 0.397 e. The lowest BCUT2D eigenvalue weighted by atomic mass is 9.97. The molecule has 1 aromatic rings. The predicted octanol–water partition coefficient (Wildman–Crippen LogP) is 4.02. The lowest BCUT2D eigenvalue weighted by molar-refractivity contribution is 0.619. The molecule has 0 amide bonds. The van der Waals surface area contributed by atoms with Gasteiger partial charge in [-0.2, -0.15) is 0 Å². The summed E-state index contributed by atoms with van der Waals surface area (Å²) in [6.45, 7) is 2.62. The lowest BCUT2D eigenvalue weighted by Gasteiger charge is -2.14. The van der Waals surface area contributed by atoms with Crippen molar-refractivity contribution >= 4 is 11.4 Å². The zero-order valence-electron chi connectivity index (χ0n) is 10.9. The van der Waals surface area contributed by atoms with Crippen LogP contribution >= 0.6 is 0 Å². The van der Waals surface area contributed by atoms with Gasteiger partial charge in [-0.15, -0.1) is 0 Å². The van der Waals surface area contributed by atoms with Crippen molar-refractivity contribution in [1.29, 1.82) is 0 Å². The first-order valence-corrected chi connectivity index (χ1v) is 6.64. The molecule has 3 N–H and O–H groups in total. The van der Waals surface area contributed by atoms with Crippen molar-refractivity contribution in [1.82, 2.24) is 0 Å². The van der Waals surface area contributed by atoms with Crippen molar-refractivity contribution in [3.05, 3.63) is 35.2 Å². The van der Waals surface area contributed by atoms with Crippen LogP contribution in [0.5, 0.6) is 0 Å². The SMILES string of the molecule is Cc1cc(NCCC2=CCCCC2)c(N)cc1F. The Balaban J connectivity index is 1.90. The Morgan fingerprint density at radius 3 is 2.89 bits per heavy atom. The molecule has 0 atom stereocenters. The highest BCUT2D eigenvalue weighted by Crippen LogP contribution is 2.24. The van der Waals surface area contributed by atoms with Gasteiger partial charge < -0.3 is 11.1 Å². The number of allylic oxidation sites excluding steroid dienone is 1. The van der Waals surface area contributed by atoms with E-state index in [9.17, 15) is 4.39 Å². The Hall–Kier alpha value is -1.51. The number of halogens is 1. The standard InChI is InChI=1S/C15H21FN2/c1-11-9-15(14(17)10-13(11)16)18-8-7-12-5-3-2-4-6-12/h5,9-10,18H,2-4,6-8,17H2,1H3. The summed E-state index contributed by atoms with van der Waals surface area (Å²) in [6, 6.07) is 3.16. The molecule has 98 valence electrons. The van der Waals surface area contributed by atoms with Crippen molar-refractivity contribution in [3.8, 4) is 0 Å². The number of benzene rings is 1. The van der Waals surface area contributed by atoms with Crippen LogP contribution in [0.25, 0.3) is 0 Å². The minimum absolute atomic E-state index is 0.243. The molecular weight excluding hydrogens is 227 g/mol. The number of hydrogen-bond donors (Lipinski definition) is 2. The third kappa shape index (κ3) is 3.25. The van der Waals surface area contributed by atoms with Crippen LogP contribution in [0, 0.1) is 12.7 Å². The molecule has 0 fully saturated rings. The summed E-state index contributed by atoms with van der Waals surface area (Å²) >= 11 is 0. The molecule has 0 heterocycles. The molecule has 0 spiro atoms. The van der Waals surface area contributed by atoms with Crippen LogP contribution in [-0.4, -0.2) is 6.54 Å². The Morgan fingerprint density at radius 1 is 1.33 bits per heavy atom. The summed E-state index contributed by atoms with van der Waals surface area (Å²) < 4.78 is 13.3. The minimum Gasteiger partial charge on any atom is -0.397 e. The molecule has 2 rings (SSSR count). The number of nitrogens with one attached hydrogen (secondary N) is 1. The van der Waals surface area contributed by atoms with Crippen molar-refractivity contribution in [3.63, 3.8) is 0 Å². The Morgan fingerprint density at radius 2 is 2.17 bits per heavy atom. The second-order valence-electron chi connectivity index (χ2n) is 4.97. The zero-order valence-corrected chi connectivity index (χ0v) is 10.9. The second-order valence-corrected chi connectivity index (χ2v) is 4.97. The fourth-order valence-electron chi connectivity index (χ4n) is 2.34. The third-order valence-corrected chi connectivity index (χ3v) is 3.48. The molecule has 0 aromatic heterocycles. The number of aryl methyl sites for hydroxylation is 1. The lowest BCUT2D eigenvalue weighted by Crippen LogP contribution is -2.07. The zero-order chi connectivity index (χ0) is 13.0. The highest BCUT2D eigenvalue weighted by Gasteiger charge is 2.06. The van der Waals surface area contributed by atoms with Gasteiger partial charge in [-0.1, -0.05) is 11.6 Å². The quantitative estimate of drug-likeness (QED) is 0.624. The molecule has 0 saturated heterocycles. The van der Waals surface area contributed by atoms with Gasteiger partial charge in [0.2, 0.25) is 0 Å². The Kier molecular flexibility index (Phi) is 4.24. The van der Waals surface area contributed by atoms with E-state index in [0.29, 0.717) is 11.3 Å². The molecule has 2 nitrogen and oxygen atoms in total. The normalized spacial score (nSPS) is 15.3. The van der Waals surface area contributed by atoms with E-state index in [-0.39, 0.29) is 5.82 Å². The highest BCUT2D eigenvalue weighted by atomic mass is 19.1.